The molecule has 0 aliphatic rings. The number of aromatic nitrogens is 2. The highest BCUT2D eigenvalue weighted by Crippen LogP contribution is 2.13. The molecule has 4 heteroatoms. The van der Waals surface area contributed by atoms with Crippen molar-refractivity contribution >= 4 is 11.8 Å². The van der Waals surface area contributed by atoms with E-state index in [9.17, 15) is 0 Å². The van der Waals surface area contributed by atoms with Crippen molar-refractivity contribution in [2.75, 3.05) is 19.3 Å². The Kier molecular flexibility index (Phi) is 5.77. The molecule has 0 saturated heterocycles. The second-order valence-electron chi connectivity index (χ2n) is 3.83. The molecule has 1 rings (SSSR count). The van der Waals surface area contributed by atoms with Gasteiger partial charge in [0.05, 0.1) is 5.75 Å². The molecule has 0 spiro atoms. The van der Waals surface area contributed by atoms with Crippen molar-refractivity contribution in [3.05, 3.63) is 22.8 Å². The molecule has 3 nitrogen and oxygen atoms in total. The zero-order chi connectivity index (χ0) is 12.0. The lowest BCUT2D eigenvalue weighted by molar-refractivity contribution is 0.706. The summed E-state index contributed by atoms with van der Waals surface area (Å²) < 4.78 is 0. The first kappa shape index (κ1) is 13.5. The van der Waals surface area contributed by atoms with Crippen LogP contribution in [0.15, 0.2) is 0 Å². The first-order valence-corrected chi connectivity index (χ1v) is 7.11. The van der Waals surface area contributed by atoms with E-state index in [2.05, 4.69) is 42.3 Å². The summed E-state index contributed by atoms with van der Waals surface area (Å²) in [6, 6.07) is 0. The van der Waals surface area contributed by atoms with Crippen LogP contribution in [-0.2, 0) is 12.2 Å². The van der Waals surface area contributed by atoms with Crippen molar-refractivity contribution in [1.82, 2.24) is 15.3 Å². The molecule has 0 radical (unpaired) electrons. The standard InChI is InChI=1S/C12H21N3S/c1-5-13-7-6-11-9(2)14-12(8-16-4)15-10(11)3/h13H,5-8H2,1-4H3. The highest BCUT2D eigenvalue weighted by Gasteiger charge is 2.07. The van der Waals surface area contributed by atoms with Crippen LogP contribution in [0.1, 0.15) is 29.7 Å². The van der Waals surface area contributed by atoms with Crippen LogP contribution >= 0.6 is 11.8 Å². The Balaban J connectivity index is 2.77. The SMILES string of the molecule is CCNCCc1c(C)nc(CSC)nc1C. The Hall–Kier alpha value is -0.610. The molecule has 1 aromatic heterocycles. The van der Waals surface area contributed by atoms with Gasteiger partial charge in [-0.25, -0.2) is 9.97 Å². The van der Waals surface area contributed by atoms with E-state index in [4.69, 9.17) is 0 Å². The second-order valence-corrected chi connectivity index (χ2v) is 4.69. The highest BCUT2D eigenvalue weighted by atomic mass is 32.2. The van der Waals surface area contributed by atoms with E-state index in [1.165, 1.54) is 5.56 Å². The monoisotopic (exact) mass is 239 g/mol. The molecule has 0 aromatic carbocycles. The zero-order valence-corrected chi connectivity index (χ0v) is 11.4. The summed E-state index contributed by atoms with van der Waals surface area (Å²) in [6.45, 7) is 8.31. The highest BCUT2D eigenvalue weighted by molar-refractivity contribution is 7.97. The van der Waals surface area contributed by atoms with Crippen LogP contribution in [0.3, 0.4) is 0 Å². The smallest absolute Gasteiger partial charge is 0.138 e. The Morgan fingerprint density at radius 3 is 2.31 bits per heavy atom. The third-order valence-corrected chi connectivity index (χ3v) is 3.09. The average Bonchev–Trinajstić information content (AvgIpc) is 2.23. The first-order chi connectivity index (χ1) is 7.69. The minimum Gasteiger partial charge on any atom is -0.317 e. The minimum absolute atomic E-state index is 0.898. The van der Waals surface area contributed by atoms with E-state index in [0.29, 0.717) is 0 Å². The number of aryl methyl sites for hydroxylation is 2. The summed E-state index contributed by atoms with van der Waals surface area (Å²) >= 11 is 1.76. The number of hydrogen-bond donors (Lipinski definition) is 1. The maximum atomic E-state index is 4.54. The molecule has 0 atom stereocenters. The fourth-order valence-electron chi connectivity index (χ4n) is 1.75. The van der Waals surface area contributed by atoms with E-state index in [0.717, 1.165) is 42.5 Å². The molecule has 0 amide bonds. The van der Waals surface area contributed by atoms with E-state index in [1.807, 2.05) is 0 Å². The van der Waals surface area contributed by atoms with Crippen molar-refractivity contribution < 1.29 is 0 Å². The molecule has 1 heterocycles. The number of nitrogens with one attached hydrogen (secondary N) is 1. The Morgan fingerprint density at radius 1 is 1.19 bits per heavy atom. The number of likely N-dealkylation sites (N-methyl/N-ethyl adjacent to an activating group) is 1. The predicted molar refractivity (Wildman–Crippen MR) is 71.0 cm³/mol. The summed E-state index contributed by atoms with van der Waals surface area (Å²) in [7, 11) is 0. The molecule has 1 aromatic rings. The van der Waals surface area contributed by atoms with Gasteiger partial charge in [0.1, 0.15) is 5.82 Å². The lowest BCUT2D eigenvalue weighted by Gasteiger charge is -2.10. The molecule has 0 saturated carbocycles. The van der Waals surface area contributed by atoms with Gasteiger partial charge in [0.25, 0.3) is 0 Å². The summed E-state index contributed by atoms with van der Waals surface area (Å²) in [4.78, 5) is 9.09. The first-order valence-electron chi connectivity index (χ1n) is 5.71. The van der Waals surface area contributed by atoms with Crippen LogP contribution in [0.5, 0.6) is 0 Å². The zero-order valence-electron chi connectivity index (χ0n) is 10.6. The molecular weight excluding hydrogens is 218 g/mol. The van der Waals surface area contributed by atoms with Crippen molar-refractivity contribution in [2.24, 2.45) is 0 Å². The van der Waals surface area contributed by atoms with Crippen LogP contribution in [0.4, 0.5) is 0 Å². The van der Waals surface area contributed by atoms with Crippen LogP contribution < -0.4 is 5.32 Å². The van der Waals surface area contributed by atoms with Crippen molar-refractivity contribution in [2.45, 2.75) is 32.9 Å². The summed E-state index contributed by atoms with van der Waals surface area (Å²) in [5.41, 5.74) is 3.56. The molecule has 0 unspecified atom stereocenters. The predicted octanol–water partition coefficient (Wildman–Crippen LogP) is 2.11. The Labute approximate surface area is 102 Å². The van der Waals surface area contributed by atoms with Gasteiger partial charge in [-0.2, -0.15) is 11.8 Å². The van der Waals surface area contributed by atoms with E-state index in [-0.39, 0.29) is 0 Å². The van der Waals surface area contributed by atoms with Gasteiger partial charge in [-0.3, -0.25) is 0 Å². The molecule has 16 heavy (non-hydrogen) atoms. The number of rotatable bonds is 6. The number of nitrogens with zero attached hydrogens (tertiary/aromatic N) is 2. The molecule has 0 fully saturated rings. The maximum Gasteiger partial charge on any atom is 0.138 e. The van der Waals surface area contributed by atoms with Gasteiger partial charge >= 0.3 is 0 Å². The molecule has 0 bridgehead atoms. The molecule has 1 N–H and O–H groups in total. The van der Waals surface area contributed by atoms with E-state index in [1.54, 1.807) is 11.8 Å². The van der Waals surface area contributed by atoms with Crippen LogP contribution in [0, 0.1) is 13.8 Å². The van der Waals surface area contributed by atoms with Gasteiger partial charge in [-0.05, 0) is 45.2 Å². The molecule has 0 aliphatic heterocycles. The Morgan fingerprint density at radius 2 is 1.81 bits per heavy atom. The van der Waals surface area contributed by atoms with Crippen LogP contribution in [-0.4, -0.2) is 29.3 Å². The van der Waals surface area contributed by atoms with Crippen LogP contribution in [0.2, 0.25) is 0 Å². The number of thioether (sulfide) groups is 1. The third kappa shape index (κ3) is 3.76. The van der Waals surface area contributed by atoms with Gasteiger partial charge in [-0.15, -0.1) is 0 Å². The fourth-order valence-corrected chi connectivity index (χ4v) is 2.14. The second kappa shape index (κ2) is 6.86. The van der Waals surface area contributed by atoms with Crippen molar-refractivity contribution in [3.8, 4) is 0 Å². The number of hydrogen-bond acceptors (Lipinski definition) is 4. The topological polar surface area (TPSA) is 37.8 Å². The Bertz CT molecular complexity index is 316. The summed E-state index contributed by atoms with van der Waals surface area (Å²) in [6.07, 6.45) is 3.10. The third-order valence-electron chi connectivity index (χ3n) is 2.54. The van der Waals surface area contributed by atoms with Gasteiger partial charge < -0.3 is 5.32 Å². The lowest BCUT2D eigenvalue weighted by Crippen LogP contribution is -2.18. The fraction of sp³-hybridized carbons (Fsp3) is 0.667. The molecular formula is C12H21N3S. The molecule has 90 valence electrons. The van der Waals surface area contributed by atoms with Crippen molar-refractivity contribution in [1.29, 1.82) is 0 Å². The average molecular weight is 239 g/mol. The van der Waals surface area contributed by atoms with Gasteiger partial charge in [0, 0.05) is 11.4 Å². The van der Waals surface area contributed by atoms with E-state index < -0.39 is 0 Å². The van der Waals surface area contributed by atoms with Crippen molar-refractivity contribution in [3.63, 3.8) is 0 Å². The van der Waals surface area contributed by atoms with Gasteiger partial charge in [-0.1, -0.05) is 6.92 Å². The van der Waals surface area contributed by atoms with Gasteiger partial charge in [0.2, 0.25) is 0 Å². The molecule has 0 aliphatic carbocycles. The largest absolute Gasteiger partial charge is 0.317 e. The summed E-state index contributed by atoms with van der Waals surface area (Å²) in [5.74, 6) is 1.85. The maximum absolute atomic E-state index is 4.54. The normalized spacial score (nSPS) is 10.8. The van der Waals surface area contributed by atoms with Crippen LogP contribution in [0.25, 0.3) is 0 Å². The summed E-state index contributed by atoms with van der Waals surface area (Å²) in [5, 5.41) is 3.33. The lowest BCUT2D eigenvalue weighted by atomic mass is 10.1. The minimum atomic E-state index is 0.898. The van der Waals surface area contributed by atoms with Gasteiger partial charge in [0.15, 0.2) is 0 Å². The quantitative estimate of drug-likeness (QED) is 0.772. The van der Waals surface area contributed by atoms with E-state index >= 15 is 0 Å².